The Balaban J connectivity index is 1.90. The largest absolute Gasteiger partial charge is 0.395 e. The second-order valence-electron chi connectivity index (χ2n) is 5.96. The van der Waals surface area contributed by atoms with Crippen LogP contribution in [0.15, 0.2) is 18.2 Å². The second kappa shape index (κ2) is 6.68. The van der Waals surface area contributed by atoms with Crippen molar-refractivity contribution in [2.24, 2.45) is 0 Å². The van der Waals surface area contributed by atoms with Crippen molar-refractivity contribution in [3.05, 3.63) is 29.6 Å². The average Bonchev–Trinajstić information content (AvgIpc) is 2.93. The third-order valence-corrected chi connectivity index (χ3v) is 4.58. The molecule has 0 fully saturated rings. The van der Waals surface area contributed by atoms with Gasteiger partial charge in [0, 0.05) is 31.2 Å². The van der Waals surface area contributed by atoms with Crippen molar-refractivity contribution in [3.8, 4) is 0 Å². The van der Waals surface area contributed by atoms with E-state index in [1.54, 1.807) is 0 Å². The van der Waals surface area contributed by atoms with Crippen molar-refractivity contribution in [1.82, 2.24) is 19.8 Å². The number of aliphatic hydroxyl groups excluding tert-OH is 1. The van der Waals surface area contributed by atoms with Gasteiger partial charge in [-0.05, 0) is 31.5 Å². The van der Waals surface area contributed by atoms with E-state index in [0.717, 1.165) is 42.9 Å². The first-order valence-electron chi connectivity index (χ1n) is 8.30. The van der Waals surface area contributed by atoms with Crippen molar-refractivity contribution < 1.29 is 9.90 Å². The predicted octanol–water partition coefficient (Wildman–Crippen LogP) is 1.37. The van der Waals surface area contributed by atoms with Crippen molar-refractivity contribution in [2.75, 3.05) is 19.7 Å². The van der Waals surface area contributed by atoms with Gasteiger partial charge in [0.25, 0.3) is 5.91 Å². The lowest BCUT2D eigenvalue weighted by molar-refractivity contribution is 0.0945. The number of nitrogens with one attached hydrogen (secondary N) is 1. The Morgan fingerprint density at radius 1 is 1.39 bits per heavy atom. The topological polar surface area (TPSA) is 70.4 Å². The van der Waals surface area contributed by atoms with Crippen molar-refractivity contribution in [2.45, 2.75) is 39.4 Å². The van der Waals surface area contributed by atoms with Crippen LogP contribution in [0, 0.1) is 0 Å². The summed E-state index contributed by atoms with van der Waals surface area (Å²) in [4.78, 5) is 19.0. The van der Waals surface area contributed by atoms with Gasteiger partial charge in [-0.25, -0.2) is 4.98 Å². The molecule has 1 aliphatic rings. The minimum absolute atomic E-state index is 0.0617. The van der Waals surface area contributed by atoms with Gasteiger partial charge in [0.15, 0.2) is 0 Å². The molecule has 1 atom stereocenters. The monoisotopic (exact) mass is 316 g/mol. The van der Waals surface area contributed by atoms with E-state index in [1.807, 2.05) is 25.1 Å². The summed E-state index contributed by atoms with van der Waals surface area (Å²) >= 11 is 0. The molecule has 1 aromatic heterocycles. The summed E-state index contributed by atoms with van der Waals surface area (Å²) in [7, 11) is 0. The molecule has 0 saturated heterocycles. The highest BCUT2D eigenvalue weighted by atomic mass is 16.3. The number of fused-ring (bicyclic) bond motifs is 3. The number of benzene rings is 1. The fraction of sp³-hybridized carbons (Fsp3) is 0.529. The molecule has 3 rings (SSSR count). The van der Waals surface area contributed by atoms with Gasteiger partial charge in [0.05, 0.1) is 24.2 Å². The van der Waals surface area contributed by atoms with Crippen LogP contribution in [0.5, 0.6) is 0 Å². The molecule has 2 heterocycles. The molecule has 0 aliphatic carbocycles. The molecule has 0 saturated carbocycles. The fourth-order valence-corrected chi connectivity index (χ4v) is 3.26. The van der Waals surface area contributed by atoms with Gasteiger partial charge in [0.2, 0.25) is 0 Å². The number of rotatable bonds is 5. The van der Waals surface area contributed by atoms with Crippen LogP contribution in [-0.2, 0) is 13.1 Å². The van der Waals surface area contributed by atoms with Crippen LogP contribution in [0.3, 0.4) is 0 Å². The first kappa shape index (κ1) is 16.0. The van der Waals surface area contributed by atoms with Crippen LogP contribution < -0.4 is 5.32 Å². The molecule has 1 amide bonds. The van der Waals surface area contributed by atoms with Crippen LogP contribution in [0.4, 0.5) is 0 Å². The average molecular weight is 316 g/mol. The Morgan fingerprint density at radius 3 is 2.91 bits per heavy atom. The SMILES string of the molecule is CCNC(=O)c1ccc2c(c1)nc1n2CCN([C@@H](CC)CO)C1. The summed E-state index contributed by atoms with van der Waals surface area (Å²) in [6, 6.07) is 5.89. The molecule has 0 spiro atoms. The molecule has 1 aromatic carbocycles. The van der Waals surface area contributed by atoms with Crippen molar-refractivity contribution in [3.63, 3.8) is 0 Å². The van der Waals surface area contributed by atoms with E-state index < -0.39 is 0 Å². The van der Waals surface area contributed by atoms with Crippen LogP contribution in [0.2, 0.25) is 0 Å². The number of aromatic nitrogens is 2. The quantitative estimate of drug-likeness (QED) is 0.874. The Kier molecular flexibility index (Phi) is 4.63. The smallest absolute Gasteiger partial charge is 0.251 e. The number of imidazole rings is 1. The summed E-state index contributed by atoms with van der Waals surface area (Å²) in [5.74, 6) is 0.944. The molecule has 6 heteroatoms. The summed E-state index contributed by atoms with van der Waals surface area (Å²) in [6.07, 6.45) is 0.929. The van der Waals surface area contributed by atoms with Gasteiger partial charge < -0.3 is 15.0 Å². The standard InChI is InChI=1S/C17H24N4O2/c1-3-13(11-22)20-7-8-21-15-6-5-12(17(23)18-4-2)9-14(15)19-16(21)10-20/h5-6,9,13,22H,3-4,7-8,10-11H2,1-2H3,(H,18,23)/t13-/m0/s1. The van der Waals surface area contributed by atoms with E-state index in [4.69, 9.17) is 4.98 Å². The molecule has 2 aromatic rings. The van der Waals surface area contributed by atoms with Gasteiger partial charge in [-0.2, -0.15) is 0 Å². The maximum absolute atomic E-state index is 12.0. The highest BCUT2D eigenvalue weighted by Gasteiger charge is 2.24. The summed E-state index contributed by atoms with van der Waals surface area (Å²) in [5, 5.41) is 12.3. The number of carbonyl (C=O) groups excluding carboxylic acids is 1. The summed E-state index contributed by atoms with van der Waals surface area (Å²) < 4.78 is 2.22. The number of amides is 1. The lowest BCUT2D eigenvalue weighted by Crippen LogP contribution is -2.42. The molecule has 124 valence electrons. The predicted molar refractivity (Wildman–Crippen MR) is 89.3 cm³/mol. The molecule has 0 radical (unpaired) electrons. The Hall–Kier alpha value is -1.92. The first-order valence-corrected chi connectivity index (χ1v) is 8.30. The molecule has 0 bridgehead atoms. The Bertz CT molecular complexity index is 706. The van der Waals surface area contributed by atoms with Gasteiger partial charge in [-0.1, -0.05) is 6.92 Å². The van der Waals surface area contributed by atoms with Crippen LogP contribution in [0.1, 0.15) is 36.5 Å². The third kappa shape index (κ3) is 2.96. The lowest BCUT2D eigenvalue weighted by atomic mass is 10.1. The molecular weight excluding hydrogens is 292 g/mol. The molecule has 1 aliphatic heterocycles. The number of aliphatic hydroxyl groups is 1. The van der Waals surface area contributed by atoms with Gasteiger partial charge >= 0.3 is 0 Å². The van der Waals surface area contributed by atoms with E-state index in [0.29, 0.717) is 12.1 Å². The minimum atomic E-state index is -0.0617. The Morgan fingerprint density at radius 2 is 2.22 bits per heavy atom. The van der Waals surface area contributed by atoms with Crippen LogP contribution in [0.25, 0.3) is 11.0 Å². The zero-order chi connectivity index (χ0) is 16.4. The Labute approximate surface area is 136 Å². The van der Waals surface area contributed by atoms with E-state index >= 15 is 0 Å². The second-order valence-corrected chi connectivity index (χ2v) is 5.96. The molecule has 0 unspecified atom stereocenters. The first-order chi connectivity index (χ1) is 11.2. The lowest BCUT2D eigenvalue weighted by Gasteiger charge is -2.33. The molecular formula is C17H24N4O2. The van der Waals surface area contributed by atoms with Gasteiger partial charge in [-0.3, -0.25) is 9.69 Å². The number of carbonyl (C=O) groups is 1. The van der Waals surface area contributed by atoms with Crippen LogP contribution >= 0.6 is 0 Å². The maximum atomic E-state index is 12.0. The number of nitrogens with zero attached hydrogens (tertiary/aromatic N) is 3. The zero-order valence-electron chi connectivity index (χ0n) is 13.7. The van der Waals surface area contributed by atoms with E-state index in [1.165, 1.54) is 0 Å². The maximum Gasteiger partial charge on any atom is 0.251 e. The van der Waals surface area contributed by atoms with E-state index in [9.17, 15) is 9.90 Å². The third-order valence-electron chi connectivity index (χ3n) is 4.58. The molecule has 6 nitrogen and oxygen atoms in total. The number of hydrogen-bond acceptors (Lipinski definition) is 4. The normalized spacial score (nSPS) is 16.3. The summed E-state index contributed by atoms with van der Waals surface area (Å²) in [6.45, 7) is 7.31. The van der Waals surface area contributed by atoms with Crippen molar-refractivity contribution in [1.29, 1.82) is 0 Å². The zero-order valence-corrected chi connectivity index (χ0v) is 13.7. The van der Waals surface area contributed by atoms with Gasteiger partial charge in [-0.15, -0.1) is 0 Å². The van der Waals surface area contributed by atoms with E-state index in [-0.39, 0.29) is 18.6 Å². The van der Waals surface area contributed by atoms with Crippen LogP contribution in [-0.4, -0.2) is 51.2 Å². The molecule has 23 heavy (non-hydrogen) atoms. The number of hydrogen-bond donors (Lipinski definition) is 2. The minimum Gasteiger partial charge on any atom is -0.395 e. The van der Waals surface area contributed by atoms with Crippen molar-refractivity contribution >= 4 is 16.9 Å². The summed E-state index contributed by atoms with van der Waals surface area (Å²) in [5.41, 5.74) is 2.58. The van der Waals surface area contributed by atoms with E-state index in [2.05, 4.69) is 21.7 Å². The highest BCUT2D eigenvalue weighted by Crippen LogP contribution is 2.23. The highest BCUT2D eigenvalue weighted by molar-refractivity contribution is 5.97. The van der Waals surface area contributed by atoms with Gasteiger partial charge in [0.1, 0.15) is 5.82 Å². The fourth-order valence-electron chi connectivity index (χ4n) is 3.26. The molecule has 2 N–H and O–H groups in total.